The lowest BCUT2D eigenvalue weighted by Crippen LogP contribution is -2.48. The van der Waals surface area contributed by atoms with Crippen LogP contribution in [0.25, 0.3) is 0 Å². The van der Waals surface area contributed by atoms with E-state index >= 15 is 0 Å². The first-order chi connectivity index (χ1) is 9.13. The fourth-order valence-electron chi connectivity index (χ4n) is 2.48. The zero-order valence-corrected chi connectivity index (χ0v) is 11.4. The minimum absolute atomic E-state index is 0.0161. The number of hydrogen-bond acceptors (Lipinski definition) is 3. The number of amides is 1. The number of anilines is 1. The third-order valence-electron chi connectivity index (χ3n) is 3.35. The summed E-state index contributed by atoms with van der Waals surface area (Å²) in [6.07, 6.45) is 0. The van der Waals surface area contributed by atoms with Gasteiger partial charge in [-0.3, -0.25) is 4.79 Å². The molecule has 0 spiro atoms. The predicted octanol–water partition coefficient (Wildman–Crippen LogP) is 1.43. The topological polar surface area (TPSA) is 44.4 Å². The van der Waals surface area contributed by atoms with Gasteiger partial charge < -0.3 is 15.5 Å². The van der Waals surface area contributed by atoms with Crippen LogP contribution in [0.5, 0.6) is 0 Å². The van der Waals surface area contributed by atoms with Crippen LogP contribution in [0.15, 0.2) is 18.2 Å². The van der Waals surface area contributed by atoms with E-state index in [1.165, 1.54) is 6.07 Å². The van der Waals surface area contributed by atoms with Gasteiger partial charge in [0.15, 0.2) is 0 Å². The first kappa shape index (κ1) is 13.8. The standard InChI is InChI=1S/C14H20FN3O/c1-3-16-10(2)14-11(15)5-4-6-12(14)18-8-7-17-13(19)9-18/h4-6,10,16H,3,7-9H2,1-2H3,(H,17,19). The molecule has 1 saturated heterocycles. The third kappa shape index (κ3) is 3.04. The van der Waals surface area contributed by atoms with Gasteiger partial charge in [-0.05, 0) is 25.6 Å². The van der Waals surface area contributed by atoms with Crippen molar-refractivity contribution in [1.29, 1.82) is 0 Å². The lowest BCUT2D eigenvalue weighted by molar-refractivity contribution is -0.120. The minimum Gasteiger partial charge on any atom is -0.360 e. The van der Waals surface area contributed by atoms with Crippen LogP contribution in [-0.4, -0.2) is 32.1 Å². The number of halogens is 1. The van der Waals surface area contributed by atoms with E-state index in [2.05, 4.69) is 10.6 Å². The van der Waals surface area contributed by atoms with E-state index in [0.717, 1.165) is 12.2 Å². The molecule has 1 fully saturated rings. The highest BCUT2D eigenvalue weighted by molar-refractivity contribution is 5.83. The summed E-state index contributed by atoms with van der Waals surface area (Å²) in [4.78, 5) is 13.4. The number of nitrogens with one attached hydrogen (secondary N) is 2. The molecule has 5 heteroatoms. The van der Waals surface area contributed by atoms with Crippen LogP contribution < -0.4 is 15.5 Å². The van der Waals surface area contributed by atoms with Crippen molar-refractivity contribution >= 4 is 11.6 Å². The summed E-state index contributed by atoms with van der Waals surface area (Å²) in [6, 6.07) is 4.96. The molecule has 0 radical (unpaired) electrons. The molecule has 19 heavy (non-hydrogen) atoms. The van der Waals surface area contributed by atoms with Crippen molar-refractivity contribution in [2.24, 2.45) is 0 Å². The third-order valence-corrected chi connectivity index (χ3v) is 3.35. The summed E-state index contributed by atoms with van der Waals surface area (Å²) in [6.45, 7) is 6.30. The fraction of sp³-hybridized carbons (Fsp3) is 0.500. The van der Waals surface area contributed by atoms with Crippen molar-refractivity contribution in [2.75, 3.05) is 31.1 Å². The Morgan fingerprint density at radius 3 is 3.00 bits per heavy atom. The molecule has 1 aromatic rings. The Hall–Kier alpha value is -1.62. The molecule has 0 bridgehead atoms. The molecule has 1 aromatic carbocycles. The Morgan fingerprint density at radius 2 is 2.32 bits per heavy atom. The highest BCUT2D eigenvalue weighted by atomic mass is 19.1. The van der Waals surface area contributed by atoms with Crippen LogP contribution in [-0.2, 0) is 4.79 Å². The molecule has 4 nitrogen and oxygen atoms in total. The highest BCUT2D eigenvalue weighted by Gasteiger charge is 2.22. The van der Waals surface area contributed by atoms with Crippen molar-refractivity contribution in [1.82, 2.24) is 10.6 Å². The van der Waals surface area contributed by atoms with Gasteiger partial charge >= 0.3 is 0 Å². The SMILES string of the molecule is CCNC(C)c1c(F)cccc1N1CCNC(=O)C1. The number of nitrogens with zero attached hydrogens (tertiary/aromatic N) is 1. The number of piperazine rings is 1. The first-order valence-electron chi connectivity index (χ1n) is 6.67. The van der Waals surface area contributed by atoms with Gasteiger partial charge in [0.25, 0.3) is 0 Å². The van der Waals surface area contributed by atoms with Gasteiger partial charge in [0.2, 0.25) is 5.91 Å². The van der Waals surface area contributed by atoms with E-state index in [0.29, 0.717) is 18.7 Å². The van der Waals surface area contributed by atoms with E-state index in [4.69, 9.17) is 0 Å². The molecular formula is C14H20FN3O. The molecule has 2 rings (SSSR count). The van der Waals surface area contributed by atoms with Gasteiger partial charge in [-0.15, -0.1) is 0 Å². The maximum Gasteiger partial charge on any atom is 0.239 e. The van der Waals surface area contributed by atoms with Crippen molar-refractivity contribution < 1.29 is 9.18 Å². The predicted molar refractivity (Wildman–Crippen MR) is 73.7 cm³/mol. The number of hydrogen-bond donors (Lipinski definition) is 2. The molecule has 1 unspecified atom stereocenters. The van der Waals surface area contributed by atoms with Gasteiger partial charge in [-0.25, -0.2) is 4.39 Å². The quantitative estimate of drug-likeness (QED) is 0.865. The second-order valence-electron chi connectivity index (χ2n) is 4.72. The summed E-state index contributed by atoms with van der Waals surface area (Å²) in [7, 11) is 0. The smallest absolute Gasteiger partial charge is 0.239 e. The normalized spacial score (nSPS) is 17.2. The van der Waals surface area contributed by atoms with E-state index in [9.17, 15) is 9.18 Å². The molecule has 1 atom stereocenters. The number of carbonyl (C=O) groups excluding carboxylic acids is 1. The monoisotopic (exact) mass is 265 g/mol. The lowest BCUT2D eigenvalue weighted by atomic mass is 10.0. The molecule has 0 aromatic heterocycles. The molecule has 1 heterocycles. The Morgan fingerprint density at radius 1 is 1.53 bits per heavy atom. The molecule has 104 valence electrons. The number of rotatable bonds is 4. The number of carbonyl (C=O) groups is 1. The van der Waals surface area contributed by atoms with Gasteiger partial charge in [-0.2, -0.15) is 0 Å². The molecule has 1 aliphatic heterocycles. The van der Waals surface area contributed by atoms with E-state index in [1.807, 2.05) is 24.8 Å². The zero-order chi connectivity index (χ0) is 13.8. The summed E-state index contributed by atoms with van der Waals surface area (Å²) >= 11 is 0. The van der Waals surface area contributed by atoms with Crippen LogP contribution in [0, 0.1) is 5.82 Å². The maximum absolute atomic E-state index is 14.1. The fourth-order valence-corrected chi connectivity index (χ4v) is 2.48. The minimum atomic E-state index is -0.225. The van der Waals surface area contributed by atoms with Crippen LogP contribution in [0.2, 0.25) is 0 Å². The summed E-state index contributed by atoms with van der Waals surface area (Å²) in [5, 5.41) is 6.01. The van der Waals surface area contributed by atoms with Crippen molar-refractivity contribution in [3.8, 4) is 0 Å². The van der Waals surface area contributed by atoms with Crippen LogP contribution in [0.3, 0.4) is 0 Å². The van der Waals surface area contributed by atoms with E-state index in [-0.39, 0.29) is 24.3 Å². The number of benzene rings is 1. The van der Waals surface area contributed by atoms with Crippen molar-refractivity contribution in [2.45, 2.75) is 19.9 Å². The lowest BCUT2D eigenvalue weighted by Gasteiger charge is -2.32. The summed E-state index contributed by atoms with van der Waals surface area (Å²) in [5.41, 5.74) is 1.45. The van der Waals surface area contributed by atoms with Crippen molar-refractivity contribution in [3.05, 3.63) is 29.6 Å². The Balaban J connectivity index is 2.33. The molecule has 0 saturated carbocycles. The average Bonchev–Trinajstić information content (AvgIpc) is 2.38. The van der Waals surface area contributed by atoms with E-state index < -0.39 is 0 Å². The zero-order valence-electron chi connectivity index (χ0n) is 11.4. The van der Waals surface area contributed by atoms with Crippen LogP contribution in [0.1, 0.15) is 25.5 Å². The average molecular weight is 265 g/mol. The van der Waals surface area contributed by atoms with Crippen LogP contribution in [0.4, 0.5) is 10.1 Å². The summed E-state index contributed by atoms with van der Waals surface area (Å²) in [5.74, 6) is -0.241. The molecule has 1 aliphatic rings. The second kappa shape index (κ2) is 6.02. The highest BCUT2D eigenvalue weighted by Crippen LogP contribution is 2.29. The Bertz CT molecular complexity index is 464. The van der Waals surface area contributed by atoms with Gasteiger partial charge in [-0.1, -0.05) is 13.0 Å². The van der Waals surface area contributed by atoms with E-state index in [1.54, 1.807) is 6.07 Å². The van der Waals surface area contributed by atoms with Gasteiger partial charge in [0.1, 0.15) is 5.82 Å². The first-order valence-corrected chi connectivity index (χ1v) is 6.67. The molecule has 0 aliphatic carbocycles. The molecular weight excluding hydrogens is 245 g/mol. The van der Waals surface area contributed by atoms with Crippen LogP contribution >= 0.6 is 0 Å². The van der Waals surface area contributed by atoms with Gasteiger partial charge in [0, 0.05) is 30.4 Å². The second-order valence-corrected chi connectivity index (χ2v) is 4.72. The Kier molecular flexibility index (Phi) is 4.37. The largest absolute Gasteiger partial charge is 0.360 e. The molecule has 2 N–H and O–H groups in total. The maximum atomic E-state index is 14.1. The van der Waals surface area contributed by atoms with Gasteiger partial charge in [0.05, 0.1) is 6.54 Å². The Labute approximate surface area is 113 Å². The summed E-state index contributed by atoms with van der Waals surface area (Å²) < 4.78 is 14.1. The molecule has 1 amide bonds. The van der Waals surface area contributed by atoms with Crippen molar-refractivity contribution in [3.63, 3.8) is 0 Å².